The van der Waals surface area contributed by atoms with E-state index in [0.717, 1.165) is 28.8 Å². The number of rotatable bonds is 2. The minimum atomic E-state index is -0.0170. The topological polar surface area (TPSA) is 55.3 Å². The molecule has 2 aromatic heterocycles. The highest BCUT2D eigenvalue weighted by molar-refractivity contribution is 7.17. The molecule has 1 amide bonds. The van der Waals surface area contributed by atoms with Crippen LogP contribution in [0.15, 0.2) is 36.0 Å². The molecule has 4 rings (SSSR count). The van der Waals surface area contributed by atoms with E-state index in [4.69, 9.17) is 4.74 Å². The number of carbonyl (C=O) groups is 1. The van der Waals surface area contributed by atoms with Crippen molar-refractivity contribution in [3.8, 4) is 5.75 Å². The van der Waals surface area contributed by atoms with Crippen LogP contribution in [0.5, 0.6) is 5.75 Å². The van der Waals surface area contributed by atoms with Crippen LogP contribution in [0.1, 0.15) is 21.6 Å². The average molecular weight is 339 g/mol. The van der Waals surface area contributed by atoms with Crippen LogP contribution in [0.25, 0.3) is 10.2 Å². The Kier molecular flexibility index (Phi) is 3.90. The minimum Gasteiger partial charge on any atom is -0.496 e. The molecule has 1 aliphatic heterocycles. The van der Waals surface area contributed by atoms with Gasteiger partial charge >= 0.3 is 0 Å². The lowest BCUT2D eigenvalue weighted by Crippen LogP contribution is -2.34. The van der Waals surface area contributed by atoms with E-state index in [1.807, 2.05) is 28.5 Å². The Hall–Kier alpha value is -2.47. The van der Waals surface area contributed by atoms with Crippen molar-refractivity contribution in [3.63, 3.8) is 0 Å². The maximum atomic E-state index is 13.0. The second kappa shape index (κ2) is 6.20. The molecule has 0 spiro atoms. The van der Waals surface area contributed by atoms with Gasteiger partial charge in [-0.1, -0.05) is 12.1 Å². The van der Waals surface area contributed by atoms with Gasteiger partial charge in [-0.05, 0) is 41.5 Å². The molecule has 5 nitrogen and oxygen atoms in total. The van der Waals surface area contributed by atoms with Crippen molar-refractivity contribution in [2.45, 2.75) is 12.8 Å². The van der Waals surface area contributed by atoms with Gasteiger partial charge in [-0.3, -0.25) is 4.79 Å². The first-order chi connectivity index (χ1) is 11.8. The highest BCUT2D eigenvalue weighted by atomic mass is 32.1. The fourth-order valence-electron chi connectivity index (χ4n) is 3.23. The fraction of sp³-hybridized carbons (Fsp3) is 0.278. The molecule has 0 aliphatic carbocycles. The molecule has 0 unspecified atom stereocenters. The molecule has 3 aromatic rings. The summed E-state index contributed by atoms with van der Waals surface area (Å²) in [6.07, 6.45) is 3.10. The standard InChI is InChI=1S/C18H17N3O2S/c1-23-15-4-2-3-12-5-8-21(9-6-13(12)15)18(22)16-17-14(7-10-24-17)19-11-20-16/h2-4,7,10-11H,5-6,8-9H2,1H3. The molecule has 3 heterocycles. The summed E-state index contributed by atoms with van der Waals surface area (Å²) in [7, 11) is 1.69. The van der Waals surface area contributed by atoms with E-state index in [2.05, 4.69) is 16.0 Å². The zero-order valence-corrected chi connectivity index (χ0v) is 14.2. The third-order valence-electron chi connectivity index (χ3n) is 4.47. The third-order valence-corrected chi connectivity index (χ3v) is 5.38. The zero-order chi connectivity index (χ0) is 16.5. The average Bonchev–Trinajstić information content (AvgIpc) is 2.99. The lowest BCUT2D eigenvalue weighted by molar-refractivity contribution is 0.0759. The van der Waals surface area contributed by atoms with E-state index in [0.29, 0.717) is 18.8 Å². The quantitative estimate of drug-likeness (QED) is 0.720. The van der Waals surface area contributed by atoms with E-state index >= 15 is 0 Å². The summed E-state index contributed by atoms with van der Waals surface area (Å²) in [5.41, 5.74) is 3.80. The number of hydrogen-bond donors (Lipinski definition) is 0. The van der Waals surface area contributed by atoms with Crippen molar-refractivity contribution in [3.05, 3.63) is 52.8 Å². The van der Waals surface area contributed by atoms with Crippen LogP contribution in [0.3, 0.4) is 0 Å². The molecule has 0 atom stereocenters. The Morgan fingerprint density at radius 3 is 2.96 bits per heavy atom. The van der Waals surface area contributed by atoms with Crippen LogP contribution in [0.4, 0.5) is 0 Å². The smallest absolute Gasteiger partial charge is 0.274 e. The molecule has 0 N–H and O–H groups in total. The maximum Gasteiger partial charge on any atom is 0.274 e. The predicted octanol–water partition coefficient (Wildman–Crippen LogP) is 2.94. The Balaban J connectivity index is 1.63. The first kappa shape index (κ1) is 15.1. The van der Waals surface area contributed by atoms with E-state index < -0.39 is 0 Å². The number of fused-ring (bicyclic) bond motifs is 2. The van der Waals surface area contributed by atoms with Gasteiger partial charge in [0.1, 0.15) is 17.8 Å². The molecular formula is C18H17N3O2S. The van der Waals surface area contributed by atoms with Gasteiger partial charge in [0.25, 0.3) is 5.91 Å². The van der Waals surface area contributed by atoms with Crippen molar-refractivity contribution >= 4 is 27.5 Å². The normalized spacial score (nSPS) is 14.3. The number of hydrogen-bond acceptors (Lipinski definition) is 5. The molecule has 24 heavy (non-hydrogen) atoms. The number of carbonyl (C=O) groups excluding carboxylic acids is 1. The van der Waals surface area contributed by atoms with Gasteiger partial charge in [-0.25, -0.2) is 9.97 Å². The summed E-state index contributed by atoms with van der Waals surface area (Å²) < 4.78 is 6.34. The number of benzene rings is 1. The van der Waals surface area contributed by atoms with Gasteiger partial charge in [0.2, 0.25) is 0 Å². The molecule has 0 saturated heterocycles. The summed E-state index contributed by atoms with van der Waals surface area (Å²) >= 11 is 1.51. The van der Waals surface area contributed by atoms with Gasteiger partial charge < -0.3 is 9.64 Å². The number of ether oxygens (including phenoxy) is 1. The molecule has 0 fully saturated rings. The Morgan fingerprint density at radius 2 is 2.08 bits per heavy atom. The molecule has 0 radical (unpaired) electrons. The number of methoxy groups -OCH3 is 1. The van der Waals surface area contributed by atoms with Crippen molar-refractivity contribution in [2.24, 2.45) is 0 Å². The maximum absolute atomic E-state index is 13.0. The second-order valence-corrected chi connectivity index (χ2v) is 6.66. The van der Waals surface area contributed by atoms with Crippen LogP contribution in [0, 0.1) is 0 Å². The highest BCUT2D eigenvalue weighted by Gasteiger charge is 2.24. The number of thiophene rings is 1. The summed E-state index contributed by atoms with van der Waals surface area (Å²) in [6, 6.07) is 8.03. The first-order valence-corrected chi connectivity index (χ1v) is 8.78. The number of amides is 1. The van der Waals surface area contributed by atoms with E-state index in [1.165, 1.54) is 28.8 Å². The van der Waals surface area contributed by atoms with Gasteiger partial charge in [0.15, 0.2) is 0 Å². The van der Waals surface area contributed by atoms with Crippen LogP contribution in [0.2, 0.25) is 0 Å². The third kappa shape index (κ3) is 2.53. The van der Waals surface area contributed by atoms with Gasteiger partial charge in [-0.2, -0.15) is 0 Å². The molecule has 1 aromatic carbocycles. The number of nitrogens with zero attached hydrogens (tertiary/aromatic N) is 3. The zero-order valence-electron chi connectivity index (χ0n) is 13.4. The van der Waals surface area contributed by atoms with Gasteiger partial charge in [0, 0.05) is 13.1 Å². The lowest BCUT2D eigenvalue weighted by Gasteiger charge is -2.19. The number of aromatic nitrogens is 2. The van der Waals surface area contributed by atoms with Crippen molar-refractivity contribution < 1.29 is 9.53 Å². The molecule has 122 valence electrons. The molecule has 1 aliphatic rings. The predicted molar refractivity (Wildman–Crippen MR) is 93.7 cm³/mol. The molecular weight excluding hydrogens is 322 g/mol. The highest BCUT2D eigenvalue weighted by Crippen LogP contribution is 2.27. The van der Waals surface area contributed by atoms with Gasteiger partial charge in [0.05, 0.1) is 17.3 Å². The SMILES string of the molecule is COc1cccc2c1CCN(C(=O)c1ncnc3ccsc13)CC2. The summed E-state index contributed by atoms with van der Waals surface area (Å²) in [6.45, 7) is 1.36. The first-order valence-electron chi connectivity index (χ1n) is 7.90. The van der Waals surface area contributed by atoms with Crippen molar-refractivity contribution in [1.82, 2.24) is 14.9 Å². The van der Waals surface area contributed by atoms with Crippen LogP contribution < -0.4 is 4.74 Å². The van der Waals surface area contributed by atoms with E-state index in [1.54, 1.807) is 7.11 Å². The minimum absolute atomic E-state index is 0.0170. The Labute approximate surface area is 143 Å². The van der Waals surface area contributed by atoms with Gasteiger partial charge in [-0.15, -0.1) is 11.3 Å². The molecule has 0 bridgehead atoms. The van der Waals surface area contributed by atoms with Crippen LogP contribution >= 0.6 is 11.3 Å². The van der Waals surface area contributed by atoms with Crippen LogP contribution in [-0.4, -0.2) is 41.0 Å². The van der Waals surface area contributed by atoms with E-state index in [9.17, 15) is 4.79 Å². The Bertz CT molecular complexity index is 906. The van der Waals surface area contributed by atoms with E-state index in [-0.39, 0.29) is 5.91 Å². The summed E-state index contributed by atoms with van der Waals surface area (Å²) in [5.74, 6) is 0.890. The molecule has 6 heteroatoms. The summed E-state index contributed by atoms with van der Waals surface area (Å²) in [4.78, 5) is 23.3. The lowest BCUT2D eigenvalue weighted by atomic mass is 10.0. The monoisotopic (exact) mass is 339 g/mol. The fourth-order valence-corrected chi connectivity index (χ4v) is 4.05. The largest absolute Gasteiger partial charge is 0.496 e. The Morgan fingerprint density at radius 1 is 1.21 bits per heavy atom. The van der Waals surface area contributed by atoms with Crippen molar-refractivity contribution in [1.29, 1.82) is 0 Å². The van der Waals surface area contributed by atoms with Crippen molar-refractivity contribution in [2.75, 3.05) is 20.2 Å². The second-order valence-electron chi connectivity index (χ2n) is 5.75. The summed E-state index contributed by atoms with van der Waals surface area (Å²) in [5, 5.41) is 1.94. The molecule has 0 saturated carbocycles. The van der Waals surface area contributed by atoms with Crippen LogP contribution in [-0.2, 0) is 12.8 Å².